The summed E-state index contributed by atoms with van der Waals surface area (Å²) in [5.41, 5.74) is 7.77. The predicted octanol–water partition coefficient (Wildman–Crippen LogP) is 9.47. The molecule has 0 aliphatic heterocycles. The van der Waals surface area contributed by atoms with Gasteiger partial charge in [-0.3, -0.25) is 9.97 Å². The molecule has 0 atom stereocenters. The van der Waals surface area contributed by atoms with Crippen LogP contribution in [-0.4, -0.2) is 19.9 Å². The highest BCUT2D eigenvalue weighted by molar-refractivity contribution is 7.85. The minimum Gasteiger partial charge on any atom is -0.309 e. The van der Waals surface area contributed by atoms with Crippen molar-refractivity contribution in [2.24, 2.45) is 0 Å². The molecule has 9 aromatic rings. The van der Waals surface area contributed by atoms with E-state index in [1.54, 1.807) is 0 Å². The van der Waals surface area contributed by atoms with Crippen LogP contribution in [0.15, 0.2) is 152 Å². The van der Waals surface area contributed by atoms with Crippen LogP contribution in [0.5, 0.6) is 0 Å². The van der Waals surface area contributed by atoms with Gasteiger partial charge in [0.2, 0.25) is 0 Å². The quantitative estimate of drug-likeness (QED) is 0.104. The van der Waals surface area contributed by atoms with Crippen LogP contribution in [0.4, 0.5) is 0 Å². The van der Waals surface area contributed by atoms with E-state index in [4.69, 9.17) is 9.97 Å². The van der Waals surface area contributed by atoms with E-state index in [1.165, 1.54) is 0 Å². The number of fused-ring (bicyclic) bond motifs is 6. The standard InChI is InChI=1S/C44H31N4OP/c1-28-39-35-15-9-10-16-37(35)47-43(30-19-23-45-24-20-30)41(39)29(2)40-36-18-17-34(27-38(36)48-44(42(28)40)31-21-25-46-26-22-31)50(49,32-11-5-3-6-12-32)33-13-7-4-8-14-33/h3-27H,1-2H3. The normalized spacial score (nSPS) is 11.9. The van der Waals surface area contributed by atoms with Crippen LogP contribution in [0.2, 0.25) is 0 Å². The van der Waals surface area contributed by atoms with E-state index in [-0.39, 0.29) is 0 Å². The van der Waals surface area contributed by atoms with Gasteiger partial charge in [0, 0.05) is 73.4 Å². The Hall–Kier alpha value is -6.03. The average Bonchev–Trinajstić information content (AvgIpc) is 3.19. The second-order valence-corrected chi connectivity index (χ2v) is 15.4. The van der Waals surface area contributed by atoms with Crippen molar-refractivity contribution in [1.29, 1.82) is 0 Å². The van der Waals surface area contributed by atoms with Gasteiger partial charge in [-0.2, -0.15) is 0 Å². The zero-order chi connectivity index (χ0) is 33.8. The number of aryl methyl sites for hydroxylation is 2. The molecule has 0 amide bonds. The summed E-state index contributed by atoms with van der Waals surface area (Å²) in [6, 6.07) is 42.2. The summed E-state index contributed by atoms with van der Waals surface area (Å²) >= 11 is 0. The second kappa shape index (κ2) is 11.8. The van der Waals surface area contributed by atoms with Gasteiger partial charge in [0.1, 0.15) is 0 Å². The van der Waals surface area contributed by atoms with E-state index in [2.05, 4.69) is 48.1 Å². The SMILES string of the molecule is Cc1c2c(-c3ccncc3)nc3cc(P(=O)(c4ccccc4)c4ccccc4)ccc3c2c(C)c2c(-c3ccncc3)nc3ccccc3c12. The molecule has 50 heavy (non-hydrogen) atoms. The molecule has 0 bridgehead atoms. The van der Waals surface area contributed by atoms with Gasteiger partial charge in [-0.1, -0.05) is 91.0 Å². The van der Waals surface area contributed by atoms with E-state index in [9.17, 15) is 0 Å². The van der Waals surface area contributed by atoms with Gasteiger partial charge in [0.05, 0.1) is 22.4 Å². The molecule has 0 radical (unpaired) electrons. The Kier molecular flexibility index (Phi) is 7.12. The summed E-state index contributed by atoms with van der Waals surface area (Å²) in [5.74, 6) is 0. The van der Waals surface area contributed by atoms with E-state index < -0.39 is 7.14 Å². The fourth-order valence-electron chi connectivity index (χ4n) is 7.58. The molecule has 0 saturated heterocycles. The van der Waals surface area contributed by atoms with E-state index >= 15 is 4.57 Å². The summed E-state index contributed by atoms with van der Waals surface area (Å²) < 4.78 is 15.5. The largest absolute Gasteiger partial charge is 0.309 e. The summed E-state index contributed by atoms with van der Waals surface area (Å²) in [4.78, 5) is 19.3. The minimum atomic E-state index is -3.23. The number of benzene rings is 5. The highest BCUT2D eigenvalue weighted by atomic mass is 31.2. The van der Waals surface area contributed by atoms with Crippen LogP contribution in [0.3, 0.4) is 0 Å². The van der Waals surface area contributed by atoms with Gasteiger partial charge in [-0.25, -0.2) is 9.97 Å². The second-order valence-electron chi connectivity index (χ2n) is 12.6. The van der Waals surface area contributed by atoms with Crippen molar-refractivity contribution in [3.63, 3.8) is 0 Å². The van der Waals surface area contributed by atoms with Crippen molar-refractivity contribution in [2.45, 2.75) is 13.8 Å². The van der Waals surface area contributed by atoms with Gasteiger partial charge in [0.15, 0.2) is 7.14 Å². The van der Waals surface area contributed by atoms with Crippen LogP contribution in [0.1, 0.15) is 11.1 Å². The average molecular weight is 663 g/mol. The van der Waals surface area contributed by atoms with Crippen LogP contribution >= 0.6 is 7.14 Å². The summed E-state index contributed by atoms with van der Waals surface area (Å²) in [6.45, 7) is 4.41. The van der Waals surface area contributed by atoms with Crippen molar-refractivity contribution in [2.75, 3.05) is 0 Å². The highest BCUT2D eigenvalue weighted by Gasteiger charge is 2.31. The van der Waals surface area contributed by atoms with Gasteiger partial charge in [-0.15, -0.1) is 0 Å². The Morgan fingerprint density at radius 2 is 0.900 bits per heavy atom. The lowest BCUT2D eigenvalue weighted by Gasteiger charge is -2.22. The van der Waals surface area contributed by atoms with Crippen LogP contribution in [0.25, 0.3) is 65.9 Å². The number of hydrogen-bond acceptors (Lipinski definition) is 5. The maximum atomic E-state index is 15.5. The molecule has 5 aromatic carbocycles. The Balaban J connectivity index is 1.45. The first-order chi connectivity index (χ1) is 24.5. The first-order valence-electron chi connectivity index (χ1n) is 16.7. The van der Waals surface area contributed by atoms with Crippen LogP contribution < -0.4 is 15.9 Å². The highest BCUT2D eigenvalue weighted by Crippen LogP contribution is 2.47. The molecule has 0 unspecified atom stereocenters. The van der Waals surface area contributed by atoms with Crippen molar-refractivity contribution in [1.82, 2.24) is 19.9 Å². The van der Waals surface area contributed by atoms with Gasteiger partial charge in [0.25, 0.3) is 0 Å². The number of aromatic nitrogens is 4. The molecule has 0 aliphatic rings. The number of nitrogens with zero attached hydrogens (tertiary/aromatic N) is 4. The molecule has 6 heteroatoms. The van der Waals surface area contributed by atoms with Crippen LogP contribution in [0, 0.1) is 13.8 Å². The molecule has 238 valence electrons. The lowest BCUT2D eigenvalue weighted by Crippen LogP contribution is -2.25. The molecule has 0 spiro atoms. The first kappa shape index (κ1) is 30.1. The third kappa shape index (κ3) is 4.58. The van der Waals surface area contributed by atoms with Gasteiger partial charge < -0.3 is 4.57 Å². The third-order valence-electron chi connectivity index (χ3n) is 9.87. The maximum absolute atomic E-state index is 15.5. The Labute approximate surface area is 289 Å². The smallest absolute Gasteiger partial charge is 0.171 e. The third-order valence-corrected chi connectivity index (χ3v) is 12.9. The maximum Gasteiger partial charge on any atom is 0.171 e. The fraction of sp³-hybridized carbons (Fsp3) is 0.0455. The predicted molar refractivity (Wildman–Crippen MR) is 207 cm³/mol. The van der Waals surface area contributed by atoms with Crippen molar-refractivity contribution < 1.29 is 4.57 Å². The van der Waals surface area contributed by atoms with Crippen molar-refractivity contribution in [3.8, 4) is 22.5 Å². The fourth-order valence-corrected chi connectivity index (χ4v) is 10.2. The lowest BCUT2D eigenvalue weighted by molar-refractivity contribution is 0.592. The molecule has 4 aromatic heterocycles. The molecule has 0 fully saturated rings. The van der Waals surface area contributed by atoms with Crippen molar-refractivity contribution in [3.05, 3.63) is 163 Å². The van der Waals surface area contributed by atoms with Gasteiger partial charge in [-0.05, 0) is 72.1 Å². The zero-order valence-electron chi connectivity index (χ0n) is 27.6. The number of rotatable bonds is 5. The Morgan fingerprint density at radius 1 is 0.440 bits per heavy atom. The zero-order valence-corrected chi connectivity index (χ0v) is 28.5. The van der Waals surface area contributed by atoms with E-state index in [1.807, 2.05) is 128 Å². The first-order valence-corrected chi connectivity index (χ1v) is 18.4. The molecule has 9 rings (SSSR count). The molecular formula is C44H31N4OP. The monoisotopic (exact) mass is 662 g/mol. The van der Waals surface area contributed by atoms with Crippen molar-refractivity contribution >= 4 is 66.4 Å². The molecule has 4 heterocycles. The summed E-state index contributed by atoms with van der Waals surface area (Å²) in [6.07, 6.45) is 7.27. The Morgan fingerprint density at radius 3 is 1.44 bits per heavy atom. The summed E-state index contributed by atoms with van der Waals surface area (Å²) in [7, 11) is -3.23. The lowest BCUT2D eigenvalue weighted by atomic mass is 9.86. The number of para-hydroxylation sites is 1. The van der Waals surface area contributed by atoms with E-state index in [0.717, 1.165) is 92.9 Å². The number of pyridine rings is 4. The van der Waals surface area contributed by atoms with E-state index in [0.29, 0.717) is 0 Å². The van der Waals surface area contributed by atoms with Crippen LogP contribution in [-0.2, 0) is 4.57 Å². The molecule has 0 aliphatic carbocycles. The molecular weight excluding hydrogens is 631 g/mol. The molecule has 5 nitrogen and oxygen atoms in total. The topological polar surface area (TPSA) is 68.6 Å². The summed E-state index contributed by atoms with van der Waals surface area (Å²) in [5, 5.41) is 8.91. The molecule has 0 saturated carbocycles. The molecule has 0 N–H and O–H groups in total. The Bertz CT molecular complexity index is 2750. The van der Waals surface area contributed by atoms with Gasteiger partial charge >= 0.3 is 0 Å². The minimum absolute atomic E-state index is 0.746. The number of hydrogen-bond donors (Lipinski definition) is 0.